The van der Waals surface area contributed by atoms with Crippen LogP contribution in [0.1, 0.15) is 23.6 Å². The summed E-state index contributed by atoms with van der Waals surface area (Å²) in [7, 11) is 0. The number of ether oxygens (including phenoxy) is 1. The van der Waals surface area contributed by atoms with E-state index in [1.54, 1.807) is 0 Å². The lowest BCUT2D eigenvalue weighted by molar-refractivity contribution is 0.122. The van der Waals surface area contributed by atoms with Crippen LogP contribution in [-0.2, 0) is 4.74 Å². The Morgan fingerprint density at radius 2 is 2.12 bits per heavy atom. The van der Waals surface area contributed by atoms with Gasteiger partial charge in [0.2, 0.25) is 0 Å². The van der Waals surface area contributed by atoms with Crippen molar-refractivity contribution in [3.8, 4) is 0 Å². The van der Waals surface area contributed by atoms with Crippen LogP contribution in [0.5, 0.6) is 0 Å². The lowest BCUT2D eigenvalue weighted by atomic mass is 10.1. The van der Waals surface area contributed by atoms with E-state index in [9.17, 15) is 0 Å². The third-order valence-electron chi connectivity index (χ3n) is 2.94. The first kappa shape index (κ1) is 11.7. The minimum atomic E-state index is -0.0407. The Kier molecular flexibility index (Phi) is 3.66. The summed E-state index contributed by atoms with van der Waals surface area (Å²) in [6, 6.07) is 2.06. The SMILES string of the molecule is Cc1c(N2CCOCC2)ccnc1C(C)Cl. The lowest BCUT2D eigenvalue weighted by Crippen LogP contribution is -2.36. The van der Waals surface area contributed by atoms with Gasteiger partial charge in [0.25, 0.3) is 0 Å². The van der Waals surface area contributed by atoms with Gasteiger partial charge in [-0.05, 0) is 25.5 Å². The Balaban J connectivity index is 2.29. The minimum Gasteiger partial charge on any atom is -0.378 e. The quantitative estimate of drug-likeness (QED) is 0.743. The molecule has 1 aliphatic heterocycles. The Morgan fingerprint density at radius 3 is 2.75 bits per heavy atom. The molecule has 0 spiro atoms. The van der Waals surface area contributed by atoms with Crippen LogP contribution >= 0.6 is 11.6 Å². The summed E-state index contributed by atoms with van der Waals surface area (Å²) in [5, 5.41) is -0.0407. The highest BCUT2D eigenvalue weighted by molar-refractivity contribution is 6.20. The van der Waals surface area contributed by atoms with Crippen LogP contribution in [0.15, 0.2) is 12.3 Å². The van der Waals surface area contributed by atoms with Crippen molar-refractivity contribution in [3.63, 3.8) is 0 Å². The van der Waals surface area contributed by atoms with Crippen molar-refractivity contribution in [1.82, 2.24) is 4.98 Å². The number of morpholine rings is 1. The highest BCUT2D eigenvalue weighted by atomic mass is 35.5. The number of hydrogen-bond donors (Lipinski definition) is 0. The van der Waals surface area contributed by atoms with Crippen LogP contribution in [0.25, 0.3) is 0 Å². The van der Waals surface area contributed by atoms with Crippen molar-refractivity contribution >= 4 is 17.3 Å². The van der Waals surface area contributed by atoms with E-state index in [0.717, 1.165) is 32.0 Å². The van der Waals surface area contributed by atoms with Gasteiger partial charge in [0.1, 0.15) is 0 Å². The molecule has 0 aliphatic carbocycles. The van der Waals surface area contributed by atoms with E-state index in [1.165, 1.54) is 11.3 Å². The average molecular weight is 241 g/mol. The second kappa shape index (κ2) is 5.02. The first-order valence-electron chi connectivity index (χ1n) is 5.62. The third kappa shape index (κ3) is 2.30. The molecule has 4 heteroatoms. The molecule has 0 aromatic carbocycles. The second-order valence-electron chi connectivity index (χ2n) is 4.06. The van der Waals surface area contributed by atoms with Gasteiger partial charge in [-0.2, -0.15) is 0 Å². The molecule has 16 heavy (non-hydrogen) atoms. The van der Waals surface area contributed by atoms with Crippen LogP contribution in [0.3, 0.4) is 0 Å². The lowest BCUT2D eigenvalue weighted by Gasteiger charge is -2.30. The molecule has 0 amide bonds. The molecule has 1 saturated heterocycles. The molecular weight excluding hydrogens is 224 g/mol. The Hall–Kier alpha value is -0.800. The Morgan fingerprint density at radius 1 is 1.44 bits per heavy atom. The van der Waals surface area contributed by atoms with E-state index in [-0.39, 0.29) is 5.38 Å². The molecule has 1 aromatic rings. The molecule has 1 fully saturated rings. The maximum atomic E-state index is 6.11. The summed E-state index contributed by atoms with van der Waals surface area (Å²) in [6.45, 7) is 7.54. The fourth-order valence-electron chi connectivity index (χ4n) is 2.09. The maximum absolute atomic E-state index is 6.11. The van der Waals surface area contributed by atoms with Crippen molar-refractivity contribution < 1.29 is 4.74 Å². The zero-order valence-electron chi connectivity index (χ0n) is 9.74. The van der Waals surface area contributed by atoms with Gasteiger partial charge < -0.3 is 9.64 Å². The van der Waals surface area contributed by atoms with Gasteiger partial charge in [0.05, 0.1) is 24.3 Å². The van der Waals surface area contributed by atoms with E-state index < -0.39 is 0 Å². The van der Waals surface area contributed by atoms with Crippen LogP contribution in [-0.4, -0.2) is 31.3 Å². The molecule has 0 bridgehead atoms. The van der Waals surface area contributed by atoms with E-state index in [0.29, 0.717) is 0 Å². The molecule has 88 valence electrons. The summed E-state index contributed by atoms with van der Waals surface area (Å²) >= 11 is 6.11. The van der Waals surface area contributed by atoms with E-state index >= 15 is 0 Å². The number of halogens is 1. The van der Waals surface area contributed by atoms with E-state index in [1.807, 2.05) is 13.1 Å². The molecule has 3 nitrogen and oxygen atoms in total. The topological polar surface area (TPSA) is 25.4 Å². The summed E-state index contributed by atoms with van der Waals surface area (Å²) in [5.74, 6) is 0. The molecule has 0 saturated carbocycles. The number of hydrogen-bond acceptors (Lipinski definition) is 3. The number of aromatic nitrogens is 1. The second-order valence-corrected chi connectivity index (χ2v) is 4.71. The number of pyridine rings is 1. The van der Waals surface area contributed by atoms with Crippen LogP contribution < -0.4 is 4.90 Å². The molecular formula is C12H17ClN2O. The summed E-state index contributed by atoms with van der Waals surface area (Å²) in [4.78, 5) is 6.68. The largest absolute Gasteiger partial charge is 0.378 e. The molecule has 0 radical (unpaired) electrons. The van der Waals surface area contributed by atoms with Gasteiger partial charge in [0, 0.05) is 25.0 Å². The van der Waals surface area contributed by atoms with E-state index in [2.05, 4.69) is 22.9 Å². The number of rotatable bonds is 2. The fraction of sp³-hybridized carbons (Fsp3) is 0.583. The summed E-state index contributed by atoms with van der Waals surface area (Å²) in [5.41, 5.74) is 3.40. The van der Waals surface area contributed by atoms with Crippen molar-refractivity contribution in [2.45, 2.75) is 19.2 Å². The molecule has 2 rings (SSSR count). The monoisotopic (exact) mass is 240 g/mol. The van der Waals surface area contributed by atoms with E-state index in [4.69, 9.17) is 16.3 Å². The summed E-state index contributed by atoms with van der Waals surface area (Å²) < 4.78 is 5.36. The van der Waals surface area contributed by atoms with Gasteiger partial charge >= 0.3 is 0 Å². The molecule has 1 aliphatic rings. The fourth-order valence-corrected chi connectivity index (χ4v) is 2.31. The molecule has 1 aromatic heterocycles. The average Bonchev–Trinajstić information content (AvgIpc) is 2.30. The third-order valence-corrected chi connectivity index (χ3v) is 3.15. The smallest absolute Gasteiger partial charge is 0.0732 e. The van der Waals surface area contributed by atoms with Crippen LogP contribution in [0, 0.1) is 6.92 Å². The van der Waals surface area contributed by atoms with Gasteiger partial charge in [-0.15, -0.1) is 11.6 Å². The Labute approximate surface area is 101 Å². The van der Waals surface area contributed by atoms with Gasteiger partial charge in [0.15, 0.2) is 0 Å². The maximum Gasteiger partial charge on any atom is 0.0732 e. The summed E-state index contributed by atoms with van der Waals surface area (Å²) in [6.07, 6.45) is 1.84. The van der Waals surface area contributed by atoms with Gasteiger partial charge in [-0.1, -0.05) is 0 Å². The number of anilines is 1. The Bertz CT molecular complexity index is 362. The molecule has 1 unspecified atom stereocenters. The normalized spacial score (nSPS) is 18.6. The first-order valence-corrected chi connectivity index (χ1v) is 6.06. The minimum absolute atomic E-state index is 0.0407. The predicted molar refractivity (Wildman–Crippen MR) is 66.3 cm³/mol. The van der Waals surface area contributed by atoms with Gasteiger partial charge in [-0.3, -0.25) is 4.98 Å². The number of alkyl halides is 1. The zero-order valence-corrected chi connectivity index (χ0v) is 10.5. The predicted octanol–water partition coefficient (Wildman–Crippen LogP) is 2.53. The van der Waals surface area contributed by atoms with Crippen LogP contribution in [0.4, 0.5) is 5.69 Å². The van der Waals surface area contributed by atoms with Gasteiger partial charge in [-0.25, -0.2) is 0 Å². The standard InChI is InChI=1S/C12H17ClN2O/c1-9-11(15-5-7-16-8-6-15)3-4-14-12(9)10(2)13/h3-4,10H,5-8H2,1-2H3. The zero-order chi connectivity index (χ0) is 11.5. The van der Waals surface area contributed by atoms with Crippen molar-refractivity contribution in [3.05, 3.63) is 23.5 Å². The van der Waals surface area contributed by atoms with Crippen molar-refractivity contribution in [2.24, 2.45) is 0 Å². The number of nitrogens with zero attached hydrogens (tertiary/aromatic N) is 2. The first-order chi connectivity index (χ1) is 7.70. The highest BCUT2D eigenvalue weighted by Crippen LogP contribution is 2.28. The van der Waals surface area contributed by atoms with Crippen molar-refractivity contribution in [1.29, 1.82) is 0 Å². The molecule has 1 atom stereocenters. The molecule has 2 heterocycles. The highest BCUT2D eigenvalue weighted by Gasteiger charge is 2.16. The molecule has 0 N–H and O–H groups in total. The van der Waals surface area contributed by atoms with Crippen LogP contribution in [0.2, 0.25) is 0 Å². The van der Waals surface area contributed by atoms with Crippen molar-refractivity contribution in [2.75, 3.05) is 31.2 Å².